The van der Waals surface area contributed by atoms with E-state index in [-0.39, 0.29) is 6.61 Å². The predicted molar refractivity (Wildman–Crippen MR) is 70.9 cm³/mol. The fraction of sp³-hybridized carbons (Fsp3) is 0.600. The molecule has 1 aromatic carbocycles. The molecule has 1 aliphatic heterocycles. The number of hydrogen-bond acceptors (Lipinski definition) is 2. The molecule has 0 bridgehead atoms. The molecule has 1 N–H and O–H groups in total. The van der Waals surface area contributed by atoms with Gasteiger partial charge in [-0.05, 0) is 23.8 Å². The minimum absolute atomic E-state index is 0.264. The van der Waals surface area contributed by atoms with E-state index in [4.69, 9.17) is 0 Å². The average molecular weight is 233 g/mol. The number of rotatable bonds is 5. The smallest absolute Gasteiger partial charge is 0.0590 e. The highest BCUT2D eigenvalue weighted by Gasteiger charge is 2.33. The van der Waals surface area contributed by atoms with Crippen LogP contribution in [0.25, 0.3) is 0 Å². The molecule has 17 heavy (non-hydrogen) atoms. The molecule has 0 radical (unpaired) electrons. The first-order chi connectivity index (χ1) is 8.20. The van der Waals surface area contributed by atoms with Crippen LogP contribution in [0.2, 0.25) is 0 Å². The van der Waals surface area contributed by atoms with E-state index >= 15 is 0 Å². The van der Waals surface area contributed by atoms with Crippen molar-refractivity contribution in [1.82, 2.24) is 4.90 Å². The van der Waals surface area contributed by atoms with Gasteiger partial charge in [-0.15, -0.1) is 0 Å². The minimum Gasteiger partial charge on any atom is -0.395 e. The number of aliphatic hydroxyl groups excluding tert-OH is 1. The second-order valence-electron chi connectivity index (χ2n) is 5.48. The van der Waals surface area contributed by atoms with Crippen LogP contribution in [0.1, 0.15) is 19.4 Å². The summed E-state index contributed by atoms with van der Waals surface area (Å²) in [6.45, 7) is 7.13. The summed E-state index contributed by atoms with van der Waals surface area (Å²) in [5.74, 6) is 1.59. The maximum Gasteiger partial charge on any atom is 0.0590 e. The first-order valence-corrected chi connectivity index (χ1v) is 6.59. The molecule has 2 rings (SSSR count). The molecule has 1 aromatic rings. The Hall–Kier alpha value is -0.860. The van der Waals surface area contributed by atoms with Gasteiger partial charge >= 0.3 is 0 Å². The van der Waals surface area contributed by atoms with Gasteiger partial charge in [0.25, 0.3) is 0 Å². The Morgan fingerprint density at radius 1 is 1.24 bits per heavy atom. The first-order valence-electron chi connectivity index (χ1n) is 6.59. The van der Waals surface area contributed by atoms with Crippen molar-refractivity contribution in [3.05, 3.63) is 35.9 Å². The van der Waals surface area contributed by atoms with E-state index < -0.39 is 0 Å². The SMILES string of the molecule is CC(C)C1CN([C@H](CO)Cc2ccccc2)C1. The second kappa shape index (κ2) is 5.65. The molecule has 1 aliphatic rings. The van der Waals surface area contributed by atoms with Crippen LogP contribution in [0, 0.1) is 11.8 Å². The molecule has 2 heteroatoms. The van der Waals surface area contributed by atoms with Crippen LogP contribution >= 0.6 is 0 Å². The van der Waals surface area contributed by atoms with Crippen LogP contribution in [-0.2, 0) is 6.42 Å². The van der Waals surface area contributed by atoms with Crippen LogP contribution in [0.15, 0.2) is 30.3 Å². The molecule has 94 valence electrons. The average Bonchev–Trinajstić information content (AvgIpc) is 2.26. The minimum atomic E-state index is 0.264. The summed E-state index contributed by atoms with van der Waals surface area (Å²) >= 11 is 0. The van der Waals surface area contributed by atoms with E-state index in [2.05, 4.69) is 43.0 Å². The Morgan fingerprint density at radius 3 is 2.41 bits per heavy atom. The van der Waals surface area contributed by atoms with E-state index in [1.807, 2.05) is 6.07 Å². The molecule has 1 saturated heterocycles. The van der Waals surface area contributed by atoms with Gasteiger partial charge in [0.1, 0.15) is 0 Å². The molecular formula is C15H23NO. The van der Waals surface area contributed by atoms with Crippen molar-refractivity contribution in [2.45, 2.75) is 26.3 Å². The van der Waals surface area contributed by atoms with Crippen molar-refractivity contribution in [3.63, 3.8) is 0 Å². The third kappa shape index (κ3) is 3.08. The normalized spacial score (nSPS) is 19.3. The third-order valence-electron chi connectivity index (χ3n) is 3.92. The largest absolute Gasteiger partial charge is 0.395 e. The summed E-state index contributed by atoms with van der Waals surface area (Å²) in [7, 11) is 0. The van der Waals surface area contributed by atoms with Gasteiger partial charge in [0.15, 0.2) is 0 Å². The summed E-state index contributed by atoms with van der Waals surface area (Å²) in [4.78, 5) is 2.41. The van der Waals surface area contributed by atoms with Crippen molar-refractivity contribution >= 4 is 0 Å². The van der Waals surface area contributed by atoms with Gasteiger partial charge in [-0.25, -0.2) is 0 Å². The van der Waals surface area contributed by atoms with E-state index in [0.29, 0.717) is 6.04 Å². The van der Waals surface area contributed by atoms with Crippen molar-refractivity contribution < 1.29 is 5.11 Å². The van der Waals surface area contributed by atoms with Crippen LogP contribution in [-0.4, -0.2) is 35.7 Å². The van der Waals surface area contributed by atoms with Crippen molar-refractivity contribution in [1.29, 1.82) is 0 Å². The Balaban J connectivity index is 1.87. The predicted octanol–water partition coefficient (Wildman–Crippen LogP) is 2.18. The molecule has 1 heterocycles. The van der Waals surface area contributed by atoms with Crippen molar-refractivity contribution in [2.75, 3.05) is 19.7 Å². The molecule has 0 amide bonds. The lowest BCUT2D eigenvalue weighted by Gasteiger charge is -2.45. The topological polar surface area (TPSA) is 23.5 Å². The lowest BCUT2D eigenvalue weighted by molar-refractivity contribution is 0.00513. The van der Waals surface area contributed by atoms with Gasteiger partial charge in [0.2, 0.25) is 0 Å². The van der Waals surface area contributed by atoms with Gasteiger partial charge in [-0.2, -0.15) is 0 Å². The molecule has 0 spiro atoms. The summed E-state index contributed by atoms with van der Waals surface area (Å²) in [5, 5.41) is 9.51. The Labute approximate surface area is 104 Å². The fourth-order valence-electron chi connectivity index (χ4n) is 2.46. The Bertz CT molecular complexity index is 330. The van der Waals surface area contributed by atoms with Crippen LogP contribution in [0.3, 0.4) is 0 Å². The molecular weight excluding hydrogens is 210 g/mol. The lowest BCUT2D eigenvalue weighted by atomic mass is 9.86. The lowest BCUT2D eigenvalue weighted by Crippen LogP contribution is -2.55. The maximum absolute atomic E-state index is 9.51. The zero-order valence-electron chi connectivity index (χ0n) is 10.8. The number of hydrogen-bond donors (Lipinski definition) is 1. The van der Waals surface area contributed by atoms with E-state index in [1.54, 1.807) is 0 Å². The maximum atomic E-state index is 9.51. The molecule has 1 atom stereocenters. The standard InChI is InChI=1S/C15H23NO/c1-12(2)14-9-16(10-14)15(11-17)8-13-6-4-3-5-7-13/h3-7,12,14-15,17H,8-11H2,1-2H3/t15-/m0/s1. The van der Waals surface area contributed by atoms with Gasteiger partial charge < -0.3 is 5.11 Å². The molecule has 0 saturated carbocycles. The molecule has 0 unspecified atom stereocenters. The number of nitrogens with zero attached hydrogens (tertiary/aromatic N) is 1. The highest BCUT2D eigenvalue weighted by molar-refractivity contribution is 5.16. The summed E-state index contributed by atoms with van der Waals surface area (Å²) in [5.41, 5.74) is 1.32. The van der Waals surface area contributed by atoms with Gasteiger partial charge in [-0.1, -0.05) is 44.2 Å². The summed E-state index contributed by atoms with van der Waals surface area (Å²) < 4.78 is 0. The van der Waals surface area contributed by atoms with Gasteiger partial charge in [0, 0.05) is 19.1 Å². The number of benzene rings is 1. The zero-order chi connectivity index (χ0) is 12.3. The Kier molecular flexibility index (Phi) is 4.19. The second-order valence-corrected chi connectivity index (χ2v) is 5.48. The van der Waals surface area contributed by atoms with Crippen LogP contribution < -0.4 is 0 Å². The van der Waals surface area contributed by atoms with Crippen LogP contribution in [0.4, 0.5) is 0 Å². The number of likely N-dealkylation sites (tertiary alicyclic amines) is 1. The monoisotopic (exact) mass is 233 g/mol. The third-order valence-corrected chi connectivity index (χ3v) is 3.92. The molecule has 0 aromatic heterocycles. The van der Waals surface area contributed by atoms with E-state index in [1.165, 1.54) is 5.56 Å². The molecule has 1 fully saturated rings. The fourth-order valence-corrected chi connectivity index (χ4v) is 2.46. The Morgan fingerprint density at radius 2 is 1.88 bits per heavy atom. The van der Waals surface area contributed by atoms with Crippen LogP contribution in [0.5, 0.6) is 0 Å². The van der Waals surface area contributed by atoms with Crippen molar-refractivity contribution in [2.24, 2.45) is 11.8 Å². The number of aliphatic hydroxyl groups is 1. The summed E-state index contributed by atoms with van der Waals surface area (Å²) in [6, 6.07) is 10.8. The molecule has 2 nitrogen and oxygen atoms in total. The van der Waals surface area contributed by atoms with Gasteiger partial charge in [0.05, 0.1) is 6.61 Å². The highest BCUT2D eigenvalue weighted by Crippen LogP contribution is 2.26. The quantitative estimate of drug-likeness (QED) is 0.842. The summed E-state index contributed by atoms with van der Waals surface area (Å²) in [6.07, 6.45) is 0.960. The first kappa shape index (κ1) is 12.6. The van der Waals surface area contributed by atoms with Gasteiger partial charge in [-0.3, -0.25) is 4.90 Å². The van der Waals surface area contributed by atoms with Crippen molar-refractivity contribution in [3.8, 4) is 0 Å². The van der Waals surface area contributed by atoms with E-state index in [9.17, 15) is 5.11 Å². The zero-order valence-corrected chi connectivity index (χ0v) is 10.8. The van der Waals surface area contributed by atoms with E-state index in [0.717, 1.165) is 31.3 Å². The highest BCUT2D eigenvalue weighted by atomic mass is 16.3. The molecule has 0 aliphatic carbocycles.